The monoisotopic (exact) mass is 394 g/mol. The van der Waals surface area contributed by atoms with Crippen LogP contribution < -0.4 is 9.47 Å². The van der Waals surface area contributed by atoms with Crippen LogP contribution in [0.3, 0.4) is 0 Å². The highest BCUT2D eigenvalue weighted by atomic mass is 16.5. The molecular weight excluding hydrogens is 350 g/mol. The van der Waals surface area contributed by atoms with E-state index in [1.165, 1.54) is 26.4 Å². The van der Waals surface area contributed by atoms with E-state index in [0.717, 1.165) is 0 Å². The van der Waals surface area contributed by atoms with Gasteiger partial charge in [0.1, 0.15) is 0 Å². The molecule has 0 amide bonds. The van der Waals surface area contributed by atoms with Gasteiger partial charge in [0.15, 0.2) is 17.3 Å². The van der Waals surface area contributed by atoms with Gasteiger partial charge < -0.3 is 9.47 Å². The molecule has 148 valence electrons. The molecule has 1 heterocycles. The Labute approximate surface area is 188 Å². The summed E-state index contributed by atoms with van der Waals surface area (Å²) >= 11 is 0. The Kier molecular flexibility index (Phi) is 2.44. The molecule has 1 saturated heterocycles. The fourth-order valence-electron chi connectivity index (χ4n) is 3.15. The number of ketones is 1. The van der Waals surface area contributed by atoms with Gasteiger partial charge in [-0.2, -0.15) is 0 Å². The van der Waals surface area contributed by atoms with Crippen molar-refractivity contribution in [3.63, 3.8) is 0 Å². The van der Waals surface area contributed by atoms with Crippen LogP contribution in [0.15, 0.2) is 42.3 Å². The van der Waals surface area contributed by atoms with Gasteiger partial charge >= 0.3 is 0 Å². The SMILES string of the molecule is [2H]c1c([2H])c([2H])c(CN2C([2H])([2H])C([2H])([2H])C([2H])(CC3([2H])Cc4cc(OC)c(OC)cc4C3=O)C([2H])([2H])C2([2H])[2H])c([2H])c1[2H]. The highest BCUT2D eigenvalue weighted by molar-refractivity contribution is 6.02. The topological polar surface area (TPSA) is 38.8 Å². The Balaban J connectivity index is 1.83. The fourth-order valence-corrected chi connectivity index (χ4v) is 3.15. The highest BCUT2D eigenvalue weighted by Crippen LogP contribution is 2.39. The molecule has 1 aliphatic carbocycles. The van der Waals surface area contributed by atoms with Crippen molar-refractivity contribution in [2.24, 2.45) is 11.8 Å². The number of nitrogens with zero attached hydrogens (tertiary/aromatic N) is 1. The highest BCUT2D eigenvalue weighted by Gasteiger charge is 2.34. The van der Waals surface area contributed by atoms with E-state index in [-0.39, 0.29) is 27.5 Å². The van der Waals surface area contributed by atoms with Crippen molar-refractivity contribution in [3.8, 4) is 11.5 Å². The summed E-state index contributed by atoms with van der Waals surface area (Å²) in [5, 5.41) is 0. The van der Waals surface area contributed by atoms with E-state index in [4.69, 9.17) is 30.0 Å². The number of rotatable bonds is 6. The summed E-state index contributed by atoms with van der Waals surface area (Å²) < 4.78 is 138. The quantitative estimate of drug-likeness (QED) is 0.730. The molecule has 1 unspecified atom stereocenters. The number of carbonyl (C=O) groups is 1. The third-order valence-electron chi connectivity index (χ3n) is 4.52. The first-order valence-electron chi connectivity index (χ1n) is 16.1. The number of Topliss-reactive ketones (excluding diaryl/α,β-unsaturated/α-hetero) is 1. The predicted octanol–water partition coefficient (Wildman–Crippen LogP) is 4.36. The van der Waals surface area contributed by atoms with E-state index in [1.54, 1.807) is 0 Å². The molecule has 0 N–H and O–H groups in total. The number of piperidine rings is 1. The first kappa shape index (κ1) is 8.19. The summed E-state index contributed by atoms with van der Waals surface area (Å²) in [6, 6.07) is -1.29. The van der Waals surface area contributed by atoms with Crippen LogP contribution in [0.1, 0.15) is 61.2 Å². The summed E-state index contributed by atoms with van der Waals surface area (Å²) in [5.74, 6) is -6.33. The van der Waals surface area contributed by atoms with Crippen LogP contribution in [0.4, 0.5) is 0 Å². The molecule has 0 saturated carbocycles. The zero-order valence-electron chi connectivity index (χ0n) is 30.4. The Bertz CT molecular complexity index is 1450. The smallest absolute Gasteiger partial charge is 0.166 e. The second-order valence-corrected chi connectivity index (χ2v) is 6.29. The number of carbonyl (C=O) groups excluding carboxylic acids is 1. The van der Waals surface area contributed by atoms with Crippen LogP contribution in [0.5, 0.6) is 11.5 Å². The average Bonchev–Trinajstić information content (AvgIpc) is 3.16. The standard InChI is InChI=1S/C24H29NO3/c1-27-22-14-19-13-20(24(26)21(19)15-23(22)28-2)12-17-8-10-25(11-9-17)16-18-6-4-3-5-7-18/h3-7,14-15,17,20H,8-13,16H2,1-2H3/i3D,4D,5D,6D,7D,8D2,9D2,10D2,11D2,17D,20D. The molecule has 2 aromatic carbocycles. The van der Waals surface area contributed by atoms with Gasteiger partial charge in [-0.25, -0.2) is 0 Å². The first-order chi connectivity index (χ1) is 19.5. The van der Waals surface area contributed by atoms with E-state index in [2.05, 4.69) is 0 Å². The minimum atomic E-state index is -3.62. The van der Waals surface area contributed by atoms with Crippen LogP contribution in [0.25, 0.3) is 0 Å². The maximum absolute atomic E-state index is 13.5. The molecule has 2 aromatic rings. The summed E-state index contributed by atoms with van der Waals surface area (Å²) in [6.45, 7) is -8.26. The Morgan fingerprint density at radius 2 is 1.82 bits per heavy atom. The van der Waals surface area contributed by atoms with Crippen LogP contribution in [-0.4, -0.2) is 37.9 Å². The summed E-state index contributed by atoms with van der Waals surface area (Å²) in [4.78, 5) is 13.6. The number of ether oxygens (including phenoxy) is 2. The Morgan fingerprint density at radius 3 is 2.50 bits per heavy atom. The minimum absolute atomic E-state index is 0.0120. The molecule has 1 atom stereocenters. The third kappa shape index (κ3) is 3.93. The lowest BCUT2D eigenvalue weighted by molar-refractivity contribution is 0.0895. The number of hydrogen-bond acceptors (Lipinski definition) is 4. The second-order valence-electron chi connectivity index (χ2n) is 6.29. The lowest BCUT2D eigenvalue weighted by Gasteiger charge is -2.32. The van der Waals surface area contributed by atoms with Crippen LogP contribution in [0.2, 0.25) is 0 Å². The molecule has 0 aromatic heterocycles. The summed E-state index contributed by atoms with van der Waals surface area (Å²) in [7, 11) is 2.67. The lowest BCUT2D eigenvalue weighted by atomic mass is 9.85. The van der Waals surface area contributed by atoms with Crippen molar-refractivity contribution in [2.75, 3.05) is 27.2 Å². The van der Waals surface area contributed by atoms with Gasteiger partial charge in [-0.1, -0.05) is 30.2 Å². The lowest BCUT2D eigenvalue weighted by Crippen LogP contribution is -2.34. The van der Waals surface area contributed by atoms with Crippen molar-refractivity contribution in [1.29, 1.82) is 0 Å². The van der Waals surface area contributed by atoms with Gasteiger partial charge in [-0.05, 0) is 67.7 Å². The number of likely N-dealkylation sites (tertiary alicyclic amines) is 1. The summed E-state index contributed by atoms with van der Waals surface area (Å²) in [6.07, 6.45) is -8.92. The zero-order chi connectivity index (χ0) is 32.9. The molecule has 4 rings (SSSR count). The predicted molar refractivity (Wildman–Crippen MR) is 110 cm³/mol. The maximum atomic E-state index is 13.5. The fraction of sp³-hybridized carbons (Fsp3) is 0.458. The van der Waals surface area contributed by atoms with Gasteiger partial charge in [0, 0.05) is 31.7 Å². The number of methoxy groups -OCH3 is 2. The van der Waals surface area contributed by atoms with Gasteiger partial charge in [0.2, 0.25) is 0 Å². The van der Waals surface area contributed by atoms with Gasteiger partial charge in [-0.15, -0.1) is 0 Å². The van der Waals surface area contributed by atoms with Crippen LogP contribution in [0, 0.1) is 11.8 Å². The normalized spacial score (nSPS) is 38.9. The Morgan fingerprint density at radius 1 is 1.14 bits per heavy atom. The van der Waals surface area contributed by atoms with Crippen molar-refractivity contribution < 1.29 is 34.8 Å². The van der Waals surface area contributed by atoms with Crippen molar-refractivity contribution in [1.82, 2.24) is 4.90 Å². The average molecular weight is 395 g/mol. The van der Waals surface area contributed by atoms with Crippen LogP contribution in [-0.2, 0) is 13.0 Å². The molecular formula is C24H29NO3. The number of hydrogen-bond donors (Lipinski definition) is 0. The van der Waals surface area contributed by atoms with Gasteiger partial charge in [0.05, 0.1) is 21.1 Å². The maximum Gasteiger partial charge on any atom is 0.166 e. The number of fused-ring (bicyclic) bond motifs is 1. The molecule has 0 bridgehead atoms. The van der Waals surface area contributed by atoms with Crippen LogP contribution >= 0.6 is 0 Å². The molecule has 0 spiro atoms. The van der Waals surface area contributed by atoms with E-state index >= 15 is 0 Å². The number of benzene rings is 2. The zero-order valence-corrected chi connectivity index (χ0v) is 15.4. The molecule has 4 nitrogen and oxygen atoms in total. The molecule has 4 heteroatoms. The van der Waals surface area contributed by atoms with Gasteiger partial charge in [0.25, 0.3) is 0 Å². The molecule has 1 fully saturated rings. The third-order valence-corrected chi connectivity index (χ3v) is 4.52. The second kappa shape index (κ2) is 8.36. The molecule has 1 aliphatic heterocycles. The minimum Gasteiger partial charge on any atom is -0.493 e. The van der Waals surface area contributed by atoms with E-state index in [9.17, 15) is 4.79 Å². The van der Waals surface area contributed by atoms with E-state index in [0.29, 0.717) is 0 Å². The Hall–Kier alpha value is -2.33. The van der Waals surface area contributed by atoms with E-state index < -0.39 is 98.5 Å². The molecule has 2 aliphatic rings. The largest absolute Gasteiger partial charge is 0.493 e. The molecule has 0 radical (unpaired) electrons. The van der Waals surface area contributed by atoms with Crippen molar-refractivity contribution in [3.05, 3.63) is 59.0 Å². The van der Waals surface area contributed by atoms with Gasteiger partial charge in [-0.3, -0.25) is 9.69 Å². The molecule has 28 heavy (non-hydrogen) atoms. The van der Waals surface area contributed by atoms with Crippen molar-refractivity contribution in [2.45, 2.75) is 32.1 Å². The summed E-state index contributed by atoms with van der Waals surface area (Å²) in [5.41, 5.74) is -0.349. The first-order valence-corrected chi connectivity index (χ1v) is 8.61. The van der Waals surface area contributed by atoms with Crippen molar-refractivity contribution >= 4 is 5.78 Å². The van der Waals surface area contributed by atoms with E-state index in [1.807, 2.05) is 0 Å².